The number of ether oxygens (including phenoxy) is 3. The van der Waals surface area contributed by atoms with Gasteiger partial charge in [0, 0.05) is 19.3 Å². The van der Waals surface area contributed by atoms with Gasteiger partial charge in [0.15, 0.2) is 6.10 Å². The molecule has 0 unspecified atom stereocenters. The minimum Gasteiger partial charge on any atom is -0.462 e. The van der Waals surface area contributed by atoms with E-state index in [-0.39, 0.29) is 31.1 Å². The highest BCUT2D eigenvalue weighted by Crippen LogP contribution is 2.17. The quantitative estimate of drug-likeness (QED) is 0.0344. The zero-order valence-electron chi connectivity index (χ0n) is 42.2. The zero-order valence-corrected chi connectivity index (χ0v) is 42.2. The van der Waals surface area contributed by atoms with E-state index >= 15 is 0 Å². The molecule has 6 heteroatoms. The molecule has 1 atom stereocenters. The summed E-state index contributed by atoms with van der Waals surface area (Å²) in [6.07, 6.45) is 56.6. The van der Waals surface area contributed by atoms with Crippen molar-refractivity contribution in [3.63, 3.8) is 0 Å². The fourth-order valence-electron chi connectivity index (χ4n) is 8.62. The molecule has 62 heavy (non-hydrogen) atoms. The molecule has 0 amide bonds. The highest BCUT2D eigenvalue weighted by atomic mass is 16.6. The number of esters is 3. The van der Waals surface area contributed by atoms with Crippen molar-refractivity contribution in [1.29, 1.82) is 0 Å². The normalized spacial score (nSPS) is 11.9. The topological polar surface area (TPSA) is 78.9 Å². The Balaban J connectivity index is 4.21. The Hall–Kier alpha value is -1.59. The number of hydrogen-bond donors (Lipinski definition) is 0. The summed E-state index contributed by atoms with van der Waals surface area (Å²) in [6, 6.07) is 0. The zero-order chi connectivity index (χ0) is 45.1. The van der Waals surface area contributed by atoms with Crippen LogP contribution in [0.15, 0.2) is 0 Å². The summed E-state index contributed by atoms with van der Waals surface area (Å²) < 4.78 is 16.8. The molecule has 0 rings (SSSR count). The standard InChI is InChI=1S/C56H108O6/c1-4-7-10-13-16-19-22-24-26-28-29-31-33-35-38-40-43-46-49-55(58)61-52-53(62-56(59)50-47-44-41-36-21-18-15-12-9-6-3)51-60-54(57)48-45-42-39-37-34-32-30-27-25-23-20-17-14-11-8-5-2/h53H,4-52H2,1-3H3/t53-/m1/s1. The van der Waals surface area contributed by atoms with E-state index in [9.17, 15) is 14.4 Å². The van der Waals surface area contributed by atoms with E-state index in [0.29, 0.717) is 19.3 Å². The Morgan fingerprint density at radius 2 is 0.435 bits per heavy atom. The van der Waals surface area contributed by atoms with Crippen molar-refractivity contribution in [2.24, 2.45) is 0 Å². The Kier molecular flexibility index (Phi) is 50.7. The monoisotopic (exact) mass is 877 g/mol. The van der Waals surface area contributed by atoms with E-state index in [1.54, 1.807) is 0 Å². The lowest BCUT2D eigenvalue weighted by molar-refractivity contribution is -0.167. The number of unbranched alkanes of at least 4 members (excludes halogenated alkanes) is 41. The van der Waals surface area contributed by atoms with Gasteiger partial charge in [0.05, 0.1) is 0 Å². The van der Waals surface area contributed by atoms with Crippen LogP contribution in [-0.4, -0.2) is 37.2 Å². The summed E-state index contributed by atoms with van der Waals surface area (Å²) >= 11 is 0. The van der Waals surface area contributed by atoms with Crippen molar-refractivity contribution in [2.75, 3.05) is 13.2 Å². The highest BCUT2D eigenvalue weighted by Gasteiger charge is 2.19. The van der Waals surface area contributed by atoms with Crippen LogP contribution >= 0.6 is 0 Å². The molecule has 0 saturated carbocycles. The number of carbonyl (C=O) groups excluding carboxylic acids is 3. The summed E-state index contributed by atoms with van der Waals surface area (Å²) in [5.41, 5.74) is 0. The molecule has 0 aromatic heterocycles. The van der Waals surface area contributed by atoms with Gasteiger partial charge in [0.25, 0.3) is 0 Å². The molecule has 0 fully saturated rings. The van der Waals surface area contributed by atoms with Crippen LogP contribution in [0.1, 0.15) is 323 Å². The Morgan fingerprint density at radius 3 is 0.645 bits per heavy atom. The van der Waals surface area contributed by atoms with Crippen molar-refractivity contribution in [1.82, 2.24) is 0 Å². The van der Waals surface area contributed by atoms with Crippen LogP contribution in [0.5, 0.6) is 0 Å². The summed E-state index contributed by atoms with van der Waals surface area (Å²) in [5, 5.41) is 0. The van der Waals surface area contributed by atoms with Crippen LogP contribution in [0.3, 0.4) is 0 Å². The van der Waals surface area contributed by atoms with Crippen LogP contribution in [0.4, 0.5) is 0 Å². The third-order valence-electron chi connectivity index (χ3n) is 12.9. The highest BCUT2D eigenvalue weighted by molar-refractivity contribution is 5.71. The van der Waals surface area contributed by atoms with Crippen molar-refractivity contribution in [3.05, 3.63) is 0 Å². The molecule has 0 aliphatic heterocycles. The van der Waals surface area contributed by atoms with Crippen molar-refractivity contribution in [3.8, 4) is 0 Å². The van der Waals surface area contributed by atoms with Gasteiger partial charge in [-0.15, -0.1) is 0 Å². The van der Waals surface area contributed by atoms with Crippen LogP contribution < -0.4 is 0 Å². The summed E-state index contributed by atoms with van der Waals surface area (Å²) in [7, 11) is 0. The van der Waals surface area contributed by atoms with Gasteiger partial charge in [-0.2, -0.15) is 0 Å². The van der Waals surface area contributed by atoms with Crippen molar-refractivity contribution < 1.29 is 28.6 Å². The smallest absolute Gasteiger partial charge is 0.306 e. The third kappa shape index (κ3) is 49.4. The molecule has 0 aliphatic rings. The van der Waals surface area contributed by atoms with E-state index in [2.05, 4.69) is 20.8 Å². The molecule has 6 nitrogen and oxygen atoms in total. The Bertz CT molecular complexity index is 920. The second-order valence-electron chi connectivity index (χ2n) is 19.2. The first-order valence-electron chi connectivity index (χ1n) is 28.0. The SMILES string of the molecule is CCCCCCCCCCCCCCCCCCCCC(=O)OC[C@@H](COC(=O)CCCCCCCCCCCCCCCCCC)OC(=O)CCCCCCCCCCCC. The fraction of sp³-hybridized carbons (Fsp3) is 0.946. The molecular formula is C56H108O6. The van der Waals surface area contributed by atoms with Gasteiger partial charge < -0.3 is 14.2 Å². The summed E-state index contributed by atoms with van der Waals surface area (Å²) in [6.45, 7) is 6.69. The molecule has 0 aromatic carbocycles. The largest absolute Gasteiger partial charge is 0.462 e. The van der Waals surface area contributed by atoms with Gasteiger partial charge >= 0.3 is 17.9 Å². The third-order valence-corrected chi connectivity index (χ3v) is 12.9. The van der Waals surface area contributed by atoms with E-state index in [4.69, 9.17) is 14.2 Å². The fourth-order valence-corrected chi connectivity index (χ4v) is 8.62. The lowest BCUT2D eigenvalue weighted by Gasteiger charge is -2.18. The molecule has 0 aliphatic carbocycles. The Labute approximate surface area is 387 Å². The first-order valence-corrected chi connectivity index (χ1v) is 28.0. The van der Waals surface area contributed by atoms with Crippen LogP contribution in [0, 0.1) is 0 Å². The molecule has 0 aromatic rings. The van der Waals surface area contributed by atoms with Gasteiger partial charge in [0.1, 0.15) is 13.2 Å². The maximum atomic E-state index is 12.8. The first-order chi connectivity index (χ1) is 30.5. The van der Waals surface area contributed by atoms with Gasteiger partial charge in [0.2, 0.25) is 0 Å². The maximum Gasteiger partial charge on any atom is 0.306 e. The Morgan fingerprint density at radius 1 is 0.258 bits per heavy atom. The molecular weight excluding hydrogens is 769 g/mol. The van der Waals surface area contributed by atoms with Crippen molar-refractivity contribution in [2.45, 2.75) is 329 Å². The molecule has 368 valence electrons. The molecule has 0 saturated heterocycles. The molecule has 0 heterocycles. The van der Waals surface area contributed by atoms with Crippen LogP contribution in [-0.2, 0) is 28.6 Å². The molecule has 0 bridgehead atoms. The van der Waals surface area contributed by atoms with Gasteiger partial charge in [-0.1, -0.05) is 284 Å². The number of hydrogen-bond acceptors (Lipinski definition) is 6. The van der Waals surface area contributed by atoms with Gasteiger partial charge in [-0.3, -0.25) is 14.4 Å². The van der Waals surface area contributed by atoms with E-state index in [1.165, 1.54) is 225 Å². The second kappa shape index (κ2) is 52.0. The lowest BCUT2D eigenvalue weighted by Crippen LogP contribution is -2.30. The summed E-state index contributed by atoms with van der Waals surface area (Å²) in [4.78, 5) is 38.0. The second-order valence-corrected chi connectivity index (χ2v) is 19.2. The first kappa shape index (κ1) is 60.4. The van der Waals surface area contributed by atoms with Crippen molar-refractivity contribution >= 4 is 17.9 Å². The van der Waals surface area contributed by atoms with E-state index < -0.39 is 6.10 Å². The molecule has 0 N–H and O–H groups in total. The predicted octanol–water partition coefficient (Wildman–Crippen LogP) is 18.4. The average molecular weight is 877 g/mol. The minimum atomic E-state index is -0.760. The minimum absolute atomic E-state index is 0.0615. The summed E-state index contributed by atoms with van der Waals surface area (Å²) in [5.74, 6) is -0.837. The number of rotatable bonds is 52. The van der Waals surface area contributed by atoms with E-state index in [1.807, 2.05) is 0 Å². The van der Waals surface area contributed by atoms with Crippen LogP contribution in [0.25, 0.3) is 0 Å². The maximum absolute atomic E-state index is 12.8. The molecule has 0 spiro atoms. The average Bonchev–Trinajstić information content (AvgIpc) is 3.27. The van der Waals surface area contributed by atoms with Crippen LogP contribution in [0.2, 0.25) is 0 Å². The van der Waals surface area contributed by atoms with Gasteiger partial charge in [-0.05, 0) is 19.3 Å². The van der Waals surface area contributed by atoms with E-state index in [0.717, 1.165) is 57.8 Å². The number of carbonyl (C=O) groups is 3. The van der Waals surface area contributed by atoms with Gasteiger partial charge in [-0.25, -0.2) is 0 Å². The molecule has 0 radical (unpaired) electrons. The predicted molar refractivity (Wildman–Crippen MR) is 266 cm³/mol. The lowest BCUT2D eigenvalue weighted by atomic mass is 10.0.